The lowest BCUT2D eigenvalue weighted by atomic mass is 10.2. The van der Waals surface area contributed by atoms with E-state index in [9.17, 15) is 0 Å². The first-order valence-corrected chi connectivity index (χ1v) is 6.77. The number of hydrogen-bond acceptors (Lipinski definition) is 1. The summed E-state index contributed by atoms with van der Waals surface area (Å²) in [7, 11) is 0. The highest BCUT2D eigenvalue weighted by atomic mass is 15.5. The summed E-state index contributed by atoms with van der Waals surface area (Å²) in [6.07, 6.45) is 9.05. The van der Waals surface area contributed by atoms with Gasteiger partial charge in [0.05, 0.1) is 0 Å². The summed E-state index contributed by atoms with van der Waals surface area (Å²) >= 11 is 0. The van der Waals surface area contributed by atoms with Crippen LogP contribution in [0.25, 0.3) is 0 Å². The Labute approximate surface area is 96.4 Å². The van der Waals surface area contributed by atoms with Gasteiger partial charge in [0, 0.05) is 19.6 Å². The maximum absolute atomic E-state index is 4.62. The highest BCUT2D eigenvalue weighted by Crippen LogP contribution is 2.01. The van der Waals surface area contributed by atoms with Crippen LogP contribution in [0, 0.1) is 0 Å². The van der Waals surface area contributed by atoms with Gasteiger partial charge in [-0.3, -0.25) is 0 Å². The van der Waals surface area contributed by atoms with Gasteiger partial charge in [0.25, 0.3) is 0 Å². The molecule has 0 aromatic carbocycles. The highest BCUT2D eigenvalue weighted by molar-refractivity contribution is 4.53. The molecule has 1 radical (unpaired) electrons. The Morgan fingerprint density at radius 2 is 1.27 bits per heavy atom. The predicted molar refractivity (Wildman–Crippen MR) is 67.9 cm³/mol. The van der Waals surface area contributed by atoms with Gasteiger partial charge in [-0.05, 0) is 19.3 Å². The lowest BCUT2D eigenvalue weighted by Gasteiger charge is -2.20. The summed E-state index contributed by atoms with van der Waals surface area (Å²) < 4.78 is 0. The molecule has 0 saturated carbocycles. The van der Waals surface area contributed by atoms with Crippen LogP contribution in [-0.4, -0.2) is 24.6 Å². The fraction of sp³-hybridized carbons (Fsp3) is 1.00. The molecule has 0 aromatic rings. The van der Waals surface area contributed by atoms with Crippen LogP contribution in [0.3, 0.4) is 0 Å². The minimum Gasteiger partial charge on any atom is -0.227 e. The molecule has 0 bridgehead atoms. The molecule has 0 N–H and O–H groups in total. The Morgan fingerprint density at radius 3 is 1.67 bits per heavy atom. The molecular formula is C13H29N2. The average Bonchev–Trinajstić information content (AvgIpc) is 2.25. The lowest BCUT2D eigenvalue weighted by Crippen LogP contribution is -2.34. The number of hydrogen-bond donors (Lipinski definition) is 0. The summed E-state index contributed by atoms with van der Waals surface area (Å²) in [6, 6.07) is 0. The minimum absolute atomic E-state index is 0.998. The van der Waals surface area contributed by atoms with E-state index in [0.717, 1.165) is 26.1 Å². The van der Waals surface area contributed by atoms with Gasteiger partial charge in [-0.15, -0.1) is 0 Å². The molecule has 0 heterocycles. The zero-order valence-corrected chi connectivity index (χ0v) is 11.0. The molecule has 0 unspecified atom stereocenters. The third-order valence-electron chi connectivity index (χ3n) is 2.56. The van der Waals surface area contributed by atoms with Crippen LogP contribution >= 0.6 is 0 Å². The van der Waals surface area contributed by atoms with E-state index in [2.05, 4.69) is 31.2 Å². The molecule has 2 heteroatoms. The van der Waals surface area contributed by atoms with Gasteiger partial charge in [-0.1, -0.05) is 46.5 Å². The molecule has 0 aliphatic carbocycles. The average molecular weight is 213 g/mol. The summed E-state index contributed by atoms with van der Waals surface area (Å²) in [4.78, 5) is 0. The summed E-state index contributed by atoms with van der Waals surface area (Å²) in [6.45, 7) is 10.0. The second kappa shape index (κ2) is 12.0. The smallest absolute Gasteiger partial charge is 0.0304 e. The van der Waals surface area contributed by atoms with Crippen molar-refractivity contribution in [1.29, 1.82) is 0 Å². The van der Waals surface area contributed by atoms with Crippen LogP contribution in [-0.2, 0) is 0 Å². The van der Waals surface area contributed by atoms with Gasteiger partial charge in [-0.2, -0.15) is 5.43 Å². The topological polar surface area (TPSA) is 17.3 Å². The van der Waals surface area contributed by atoms with E-state index in [1.54, 1.807) is 0 Å². The molecule has 0 aliphatic heterocycles. The number of rotatable bonds is 11. The molecule has 0 fully saturated rings. The SMILES string of the molecule is CCCCCN(CCCCC)[N]CCC. The van der Waals surface area contributed by atoms with Gasteiger partial charge in [0.15, 0.2) is 0 Å². The largest absolute Gasteiger partial charge is 0.227 e. The van der Waals surface area contributed by atoms with Gasteiger partial charge in [-0.25, -0.2) is 5.01 Å². The van der Waals surface area contributed by atoms with E-state index in [4.69, 9.17) is 0 Å². The normalized spacial score (nSPS) is 11.2. The van der Waals surface area contributed by atoms with Crippen molar-refractivity contribution >= 4 is 0 Å². The van der Waals surface area contributed by atoms with Crippen molar-refractivity contribution in [3.63, 3.8) is 0 Å². The Bertz CT molecular complexity index is 105. The molecule has 2 nitrogen and oxygen atoms in total. The van der Waals surface area contributed by atoms with Gasteiger partial charge >= 0.3 is 0 Å². The predicted octanol–water partition coefficient (Wildman–Crippen LogP) is 3.60. The molecule has 0 rings (SSSR count). The lowest BCUT2D eigenvalue weighted by molar-refractivity contribution is 0.172. The first-order chi connectivity index (χ1) is 7.35. The van der Waals surface area contributed by atoms with Crippen molar-refractivity contribution in [2.45, 2.75) is 65.7 Å². The molecule has 91 valence electrons. The van der Waals surface area contributed by atoms with Crippen molar-refractivity contribution in [1.82, 2.24) is 10.4 Å². The standard InChI is InChI=1S/C13H29N2/c1-4-7-9-12-15(14-11-6-3)13-10-8-5-2/h4-13H2,1-3H3. The third kappa shape index (κ3) is 10.2. The molecular weight excluding hydrogens is 184 g/mol. The maximum Gasteiger partial charge on any atom is 0.0304 e. The second-order valence-corrected chi connectivity index (χ2v) is 4.23. The van der Waals surface area contributed by atoms with Crippen molar-refractivity contribution in [3.8, 4) is 0 Å². The van der Waals surface area contributed by atoms with Crippen molar-refractivity contribution < 1.29 is 0 Å². The number of unbranched alkanes of at least 4 members (excludes halogenated alkanes) is 4. The quantitative estimate of drug-likeness (QED) is 0.379. The monoisotopic (exact) mass is 213 g/mol. The third-order valence-corrected chi connectivity index (χ3v) is 2.56. The summed E-state index contributed by atoms with van der Waals surface area (Å²) in [5.41, 5.74) is 4.62. The minimum atomic E-state index is 0.998. The van der Waals surface area contributed by atoms with Gasteiger partial charge in [0.2, 0.25) is 0 Å². The van der Waals surface area contributed by atoms with Crippen LogP contribution in [0.5, 0.6) is 0 Å². The Morgan fingerprint density at radius 1 is 0.733 bits per heavy atom. The second-order valence-electron chi connectivity index (χ2n) is 4.23. The first-order valence-electron chi connectivity index (χ1n) is 6.77. The molecule has 15 heavy (non-hydrogen) atoms. The van der Waals surface area contributed by atoms with Crippen LogP contribution in [0.2, 0.25) is 0 Å². The van der Waals surface area contributed by atoms with Crippen molar-refractivity contribution in [2.75, 3.05) is 19.6 Å². The van der Waals surface area contributed by atoms with E-state index in [1.807, 2.05) is 0 Å². The van der Waals surface area contributed by atoms with E-state index >= 15 is 0 Å². The van der Waals surface area contributed by atoms with E-state index in [1.165, 1.54) is 38.5 Å². The summed E-state index contributed by atoms with van der Waals surface area (Å²) in [5, 5.41) is 2.30. The van der Waals surface area contributed by atoms with Crippen LogP contribution in [0.1, 0.15) is 65.7 Å². The number of nitrogens with zero attached hydrogens (tertiary/aromatic N) is 2. The fourth-order valence-electron chi connectivity index (χ4n) is 1.58. The Hall–Kier alpha value is -0.0800. The fourth-order valence-corrected chi connectivity index (χ4v) is 1.58. The molecule has 0 spiro atoms. The van der Waals surface area contributed by atoms with E-state index in [-0.39, 0.29) is 0 Å². The molecule has 0 amide bonds. The van der Waals surface area contributed by atoms with E-state index in [0.29, 0.717) is 0 Å². The van der Waals surface area contributed by atoms with Crippen LogP contribution in [0.4, 0.5) is 0 Å². The first kappa shape index (κ1) is 14.9. The van der Waals surface area contributed by atoms with E-state index < -0.39 is 0 Å². The Balaban J connectivity index is 3.53. The molecule has 0 atom stereocenters. The Kier molecular flexibility index (Phi) is 11.9. The molecule has 0 aliphatic rings. The zero-order valence-electron chi connectivity index (χ0n) is 11.0. The van der Waals surface area contributed by atoms with Crippen LogP contribution in [0.15, 0.2) is 0 Å². The highest BCUT2D eigenvalue weighted by Gasteiger charge is 2.03. The zero-order chi connectivity index (χ0) is 11.4. The maximum atomic E-state index is 4.62. The van der Waals surface area contributed by atoms with Crippen molar-refractivity contribution in [3.05, 3.63) is 0 Å². The van der Waals surface area contributed by atoms with Crippen LogP contribution < -0.4 is 5.43 Å². The van der Waals surface area contributed by atoms with Gasteiger partial charge < -0.3 is 0 Å². The summed E-state index contributed by atoms with van der Waals surface area (Å²) in [5.74, 6) is 0. The van der Waals surface area contributed by atoms with Crippen molar-refractivity contribution in [2.24, 2.45) is 0 Å². The van der Waals surface area contributed by atoms with Gasteiger partial charge in [0.1, 0.15) is 0 Å². The molecule has 0 saturated heterocycles. The molecule has 0 aromatic heterocycles.